The maximum Gasteiger partial charge on any atom is 0.0597 e. The lowest BCUT2D eigenvalue weighted by Gasteiger charge is -2.45. The van der Waals surface area contributed by atoms with E-state index in [1.807, 2.05) is 18.7 Å². The molecule has 0 saturated heterocycles. The van der Waals surface area contributed by atoms with Crippen LogP contribution in [0.4, 0.5) is 0 Å². The summed E-state index contributed by atoms with van der Waals surface area (Å²) in [5.41, 5.74) is 8.66. The second-order valence-electron chi connectivity index (χ2n) is 6.37. The van der Waals surface area contributed by atoms with E-state index in [1.165, 1.54) is 31.4 Å². The fraction of sp³-hybridized carbons (Fsp3) is 0.800. The van der Waals surface area contributed by atoms with Crippen molar-refractivity contribution in [1.29, 1.82) is 0 Å². The summed E-state index contributed by atoms with van der Waals surface area (Å²) in [6, 6.07) is 2.17. The highest BCUT2D eigenvalue weighted by atomic mass is 15.3. The van der Waals surface area contributed by atoms with Crippen LogP contribution in [0.25, 0.3) is 0 Å². The van der Waals surface area contributed by atoms with E-state index in [0.29, 0.717) is 0 Å². The van der Waals surface area contributed by atoms with E-state index < -0.39 is 0 Å². The van der Waals surface area contributed by atoms with Crippen LogP contribution in [0.1, 0.15) is 44.0 Å². The molecule has 0 amide bonds. The van der Waals surface area contributed by atoms with Crippen LogP contribution in [0.2, 0.25) is 0 Å². The first kappa shape index (κ1) is 14.5. The number of likely N-dealkylation sites (N-methyl/N-ethyl adjacent to an activating group) is 1. The van der Waals surface area contributed by atoms with Gasteiger partial charge < -0.3 is 5.73 Å². The van der Waals surface area contributed by atoms with E-state index in [-0.39, 0.29) is 5.54 Å². The van der Waals surface area contributed by atoms with Gasteiger partial charge in [-0.2, -0.15) is 5.10 Å². The third kappa shape index (κ3) is 3.00. The lowest BCUT2D eigenvalue weighted by Crippen LogP contribution is -2.53. The topological polar surface area (TPSA) is 47.1 Å². The van der Waals surface area contributed by atoms with E-state index in [0.717, 1.165) is 24.7 Å². The molecule has 4 nitrogen and oxygen atoms in total. The summed E-state index contributed by atoms with van der Waals surface area (Å²) in [7, 11) is 4.24. The van der Waals surface area contributed by atoms with Crippen molar-refractivity contribution in [2.45, 2.75) is 51.6 Å². The first-order chi connectivity index (χ1) is 8.97. The zero-order valence-electron chi connectivity index (χ0n) is 12.8. The van der Waals surface area contributed by atoms with E-state index in [4.69, 9.17) is 5.73 Å². The van der Waals surface area contributed by atoms with E-state index in [2.05, 4.69) is 30.0 Å². The summed E-state index contributed by atoms with van der Waals surface area (Å²) in [6.07, 6.45) is 5.04. The van der Waals surface area contributed by atoms with Gasteiger partial charge in [-0.1, -0.05) is 6.92 Å². The maximum atomic E-state index is 6.12. The number of nitrogens with zero attached hydrogens (tertiary/aromatic N) is 3. The highest BCUT2D eigenvalue weighted by Crippen LogP contribution is 2.35. The molecule has 1 aromatic rings. The first-order valence-electron chi connectivity index (χ1n) is 7.38. The fourth-order valence-corrected chi connectivity index (χ4v) is 3.26. The Bertz CT molecular complexity index is 416. The third-order valence-corrected chi connectivity index (χ3v) is 4.89. The Morgan fingerprint density at radius 3 is 2.58 bits per heavy atom. The van der Waals surface area contributed by atoms with Gasteiger partial charge >= 0.3 is 0 Å². The molecule has 19 heavy (non-hydrogen) atoms. The highest BCUT2D eigenvalue weighted by Gasteiger charge is 2.36. The fourth-order valence-electron chi connectivity index (χ4n) is 3.26. The summed E-state index contributed by atoms with van der Waals surface area (Å²) in [6.45, 7) is 6.09. The molecule has 2 rings (SSSR count). The van der Waals surface area contributed by atoms with Crippen molar-refractivity contribution < 1.29 is 0 Å². The molecule has 1 aliphatic rings. The number of hydrogen-bond acceptors (Lipinski definition) is 3. The SMILES string of the molecule is Cc1cc(CN(C)C2(CN)CCC(C)CC2)n(C)n1. The second-order valence-corrected chi connectivity index (χ2v) is 6.37. The molecule has 4 heteroatoms. The number of hydrogen-bond donors (Lipinski definition) is 1. The summed E-state index contributed by atoms with van der Waals surface area (Å²) < 4.78 is 1.99. The monoisotopic (exact) mass is 264 g/mol. The average molecular weight is 264 g/mol. The largest absolute Gasteiger partial charge is 0.329 e. The third-order valence-electron chi connectivity index (χ3n) is 4.89. The van der Waals surface area contributed by atoms with Crippen molar-refractivity contribution in [1.82, 2.24) is 14.7 Å². The Balaban J connectivity index is 2.08. The molecule has 1 aromatic heterocycles. The predicted octanol–water partition coefficient (Wildman–Crippen LogP) is 2.07. The minimum absolute atomic E-state index is 0.185. The molecular weight excluding hydrogens is 236 g/mol. The van der Waals surface area contributed by atoms with Gasteiger partial charge in [0.05, 0.1) is 11.4 Å². The van der Waals surface area contributed by atoms with Crippen LogP contribution in [0.3, 0.4) is 0 Å². The highest BCUT2D eigenvalue weighted by molar-refractivity contribution is 5.09. The number of rotatable bonds is 4. The zero-order valence-corrected chi connectivity index (χ0v) is 12.8. The second kappa shape index (κ2) is 5.63. The van der Waals surface area contributed by atoms with E-state index in [1.54, 1.807) is 0 Å². The van der Waals surface area contributed by atoms with Crippen LogP contribution in [-0.2, 0) is 13.6 Å². The summed E-state index contributed by atoms with van der Waals surface area (Å²) >= 11 is 0. The Kier molecular flexibility index (Phi) is 4.31. The van der Waals surface area contributed by atoms with Gasteiger partial charge in [-0.25, -0.2) is 0 Å². The van der Waals surface area contributed by atoms with Crippen molar-refractivity contribution in [2.75, 3.05) is 13.6 Å². The Morgan fingerprint density at radius 1 is 1.47 bits per heavy atom. The molecule has 0 aliphatic heterocycles. The van der Waals surface area contributed by atoms with E-state index >= 15 is 0 Å². The Labute approximate surface area is 117 Å². The standard InChI is InChI=1S/C15H28N4/c1-12-5-7-15(11-16,8-6-12)18(3)10-14-9-13(2)17-19(14)4/h9,12H,5-8,10-11,16H2,1-4H3. The van der Waals surface area contributed by atoms with Crippen LogP contribution in [0.15, 0.2) is 6.07 Å². The molecule has 108 valence electrons. The maximum absolute atomic E-state index is 6.12. The van der Waals surface area contributed by atoms with Crippen molar-refractivity contribution in [3.8, 4) is 0 Å². The van der Waals surface area contributed by atoms with Gasteiger partial charge in [0.2, 0.25) is 0 Å². The van der Waals surface area contributed by atoms with Crippen LogP contribution >= 0.6 is 0 Å². The molecule has 2 N–H and O–H groups in total. The lowest BCUT2D eigenvalue weighted by atomic mass is 9.76. The summed E-state index contributed by atoms with van der Waals surface area (Å²) in [5.74, 6) is 0.854. The van der Waals surface area contributed by atoms with Gasteiger partial charge in [-0.3, -0.25) is 9.58 Å². The van der Waals surface area contributed by atoms with Gasteiger partial charge in [0.25, 0.3) is 0 Å². The van der Waals surface area contributed by atoms with Gasteiger partial charge in [0, 0.05) is 25.7 Å². The Morgan fingerprint density at radius 2 is 2.11 bits per heavy atom. The number of nitrogens with two attached hydrogens (primary N) is 1. The first-order valence-corrected chi connectivity index (χ1v) is 7.38. The molecule has 0 unspecified atom stereocenters. The zero-order chi connectivity index (χ0) is 14.0. The molecule has 0 aromatic carbocycles. The lowest BCUT2D eigenvalue weighted by molar-refractivity contribution is 0.0597. The molecule has 1 saturated carbocycles. The molecule has 0 atom stereocenters. The molecule has 1 fully saturated rings. The smallest absolute Gasteiger partial charge is 0.0597 e. The van der Waals surface area contributed by atoms with Crippen molar-refractivity contribution in [2.24, 2.45) is 18.7 Å². The minimum Gasteiger partial charge on any atom is -0.329 e. The van der Waals surface area contributed by atoms with Crippen LogP contribution in [0, 0.1) is 12.8 Å². The van der Waals surface area contributed by atoms with Gasteiger partial charge in [0.1, 0.15) is 0 Å². The quantitative estimate of drug-likeness (QED) is 0.905. The molecule has 1 aliphatic carbocycles. The summed E-state index contributed by atoms with van der Waals surface area (Å²) in [5, 5.41) is 4.43. The minimum atomic E-state index is 0.185. The van der Waals surface area contributed by atoms with Crippen molar-refractivity contribution in [3.63, 3.8) is 0 Å². The molecule has 0 radical (unpaired) electrons. The average Bonchev–Trinajstić information content (AvgIpc) is 2.69. The van der Waals surface area contributed by atoms with Crippen molar-refractivity contribution in [3.05, 3.63) is 17.5 Å². The van der Waals surface area contributed by atoms with Gasteiger partial charge in [-0.05, 0) is 51.6 Å². The molecule has 0 bridgehead atoms. The predicted molar refractivity (Wildman–Crippen MR) is 78.8 cm³/mol. The molecule has 0 spiro atoms. The molecule has 1 heterocycles. The van der Waals surface area contributed by atoms with Gasteiger partial charge in [0.15, 0.2) is 0 Å². The van der Waals surface area contributed by atoms with Crippen molar-refractivity contribution >= 4 is 0 Å². The van der Waals surface area contributed by atoms with E-state index in [9.17, 15) is 0 Å². The summed E-state index contributed by atoms with van der Waals surface area (Å²) in [4.78, 5) is 2.45. The van der Waals surface area contributed by atoms with Crippen LogP contribution in [-0.4, -0.2) is 33.8 Å². The van der Waals surface area contributed by atoms with Crippen LogP contribution < -0.4 is 5.73 Å². The van der Waals surface area contributed by atoms with Gasteiger partial charge in [-0.15, -0.1) is 0 Å². The Hall–Kier alpha value is -0.870. The number of aryl methyl sites for hydroxylation is 2. The molecular formula is C15H28N4. The van der Waals surface area contributed by atoms with Crippen LogP contribution in [0.5, 0.6) is 0 Å². The number of aromatic nitrogens is 2. The normalized spacial score (nSPS) is 28.0.